The van der Waals surface area contributed by atoms with Crippen molar-refractivity contribution in [1.29, 1.82) is 0 Å². The molecule has 2 aromatic rings. The van der Waals surface area contributed by atoms with Gasteiger partial charge in [0.2, 0.25) is 0 Å². The van der Waals surface area contributed by atoms with E-state index in [4.69, 9.17) is 21.1 Å². The number of furan rings is 1. The Morgan fingerprint density at radius 1 is 1.50 bits per heavy atom. The van der Waals surface area contributed by atoms with Crippen LogP contribution in [0.4, 0.5) is 0 Å². The van der Waals surface area contributed by atoms with Crippen molar-refractivity contribution in [3.63, 3.8) is 0 Å². The van der Waals surface area contributed by atoms with Crippen molar-refractivity contribution >= 4 is 28.5 Å². The second kappa shape index (κ2) is 3.35. The maximum Gasteiger partial charge on any atom is 0.311 e. The van der Waals surface area contributed by atoms with E-state index in [-0.39, 0.29) is 6.42 Å². The van der Waals surface area contributed by atoms with Crippen LogP contribution < -0.4 is 0 Å². The summed E-state index contributed by atoms with van der Waals surface area (Å²) in [5.41, 5.74) is 0.619. The minimum absolute atomic E-state index is 0.120. The molecule has 1 aromatic heterocycles. The van der Waals surface area contributed by atoms with Crippen molar-refractivity contribution in [2.24, 2.45) is 0 Å². The Hall–Kier alpha value is -1.48. The highest BCUT2D eigenvalue weighted by atomic mass is 35.5. The van der Waals surface area contributed by atoms with E-state index in [2.05, 4.69) is 0 Å². The summed E-state index contributed by atoms with van der Waals surface area (Å²) in [6.45, 7) is 0. The molecule has 0 spiro atoms. The number of rotatable bonds is 2. The third-order valence-electron chi connectivity index (χ3n) is 1.88. The molecule has 0 atom stereocenters. The molecule has 3 nitrogen and oxygen atoms in total. The molecule has 0 aliphatic rings. The molecular weight excluding hydrogens is 204 g/mol. The molecular formula is C10H7ClO3. The van der Waals surface area contributed by atoms with Crippen LogP contribution in [0.2, 0.25) is 5.02 Å². The van der Waals surface area contributed by atoms with Gasteiger partial charge < -0.3 is 9.52 Å². The minimum Gasteiger partial charge on any atom is -0.481 e. The first-order chi connectivity index (χ1) is 6.66. The van der Waals surface area contributed by atoms with Gasteiger partial charge in [-0.3, -0.25) is 4.79 Å². The van der Waals surface area contributed by atoms with E-state index in [1.54, 1.807) is 24.3 Å². The van der Waals surface area contributed by atoms with E-state index < -0.39 is 5.97 Å². The predicted molar refractivity (Wildman–Crippen MR) is 52.6 cm³/mol. The van der Waals surface area contributed by atoms with E-state index in [0.29, 0.717) is 16.4 Å². The van der Waals surface area contributed by atoms with Crippen LogP contribution in [0.25, 0.3) is 11.0 Å². The van der Waals surface area contributed by atoms with Crippen molar-refractivity contribution in [1.82, 2.24) is 0 Å². The smallest absolute Gasteiger partial charge is 0.311 e. The number of fused-ring (bicyclic) bond motifs is 1. The molecule has 72 valence electrons. The fourth-order valence-corrected chi connectivity index (χ4v) is 1.53. The Kier molecular flexibility index (Phi) is 2.17. The van der Waals surface area contributed by atoms with Gasteiger partial charge in [-0.15, -0.1) is 0 Å². The van der Waals surface area contributed by atoms with Crippen LogP contribution in [0.1, 0.15) is 5.76 Å². The second-order valence-corrected chi connectivity index (χ2v) is 3.34. The highest BCUT2D eigenvalue weighted by Crippen LogP contribution is 2.26. The average molecular weight is 211 g/mol. The van der Waals surface area contributed by atoms with E-state index in [1.807, 2.05) is 0 Å². The fraction of sp³-hybridized carbons (Fsp3) is 0.100. The number of benzene rings is 1. The van der Waals surface area contributed by atoms with Gasteiger partial charge >= 0.3 is 5.97 Å². The molecule has 1 aromatic carbocycles. The molecule has 4 heteroatoms. The topological polar surface area (TPSA) is 50.4 Å². The first-order valence-electron chi connectivity index (χ1n) is 4.05. The summed E-state index contributed by atoms with van der Waals surface area (Å²) in [5.74, 6) is -0.499. The summed E-state index contributed by atoms with van der Waals surface area (Å²) in [7, 11) is 0. The Labute approximate surface area is 84.9 Å². The van der Waals surface area contributed by atoms with E-state index in [1.165, 1.54) is 0 Å². The molecule has 0 saturated carbocycles. The van der Waals surface area contributed by atoms with Gasteiger partial charge in [-0.05, 0) is 18.2 Å². The molecule has 0 fully saturated rings. The van der Waals surface area contributed by atoms with E-state index >= 15 is 0 Å². The number of carbonyl (C=O) groups is 1. The van der Waals surface area contributed by atoms with Crippen molar-refractivity contribution < 1.29 is 14.3 Å². The molecule has 0 bridgehead atoms. The van der Waals surface area contributed by atoms with Crippen LogP contribution in [-0.2, 0) is 11.2 Å². The Morgan fingerprint density at radius 3 is 2.93 bits per heavy atom. The van der Waals surface area contributed by atoms with Gasteiger partial charge in [-0.1, -0.05) is 17.7 Å². The molecule has 0 aliphatic carbocycles. The molecule has 0 saturated heterocycles. The van der Waals surface area contributed by atoms with E-state index in [9.17, 15) is 4.79 Å². The van der Waals surface area contributed by atoms with Crippen LogP contribution in [-0.4, -0.2) is 11.1 Å². The standard InChI is InChI=1S/C10H7ClO3/c11-8-2-1-3-9-7(8)4-6(14-9)5-10(12)13/h1-4H,5H2,(H,12,13). The Morgan fingerprint density at radius 2 is 2.29 bits per heavy atom. The Balaban J connectivity index is 2.51. The zero-order valence-corrected chi connectivity index (χ0v) is 7.91. The number of hydrogen-bond donors (Lipinski definition) is 1. The maximum atomic E-state index is 10.4. The predicted octanol–water partition coefficient (Wildman–Crippen LogP) is 2.71. The van der Waals surface area contributed by atoms with Gasteiger partial charge in [-0.2, -0.15) is 0 Å². The summed E-state index contributed by atoms with van der Waals surface area (Å²) < 4.78 is 5.29. The van der Waals surface area contributed by atoms with Crippen molar-refractivity contribution in [3.8, 4) is 0 Å². The largest absolute Gasteiger partial charge is 0.481 e. The monoisotopic (exact) mass is 210 g/mol. The molecule has 14 heavy (non-hydrogen) atoms. The van der Waals surface area contributed by atoms with E-state index in [0.717, 1.165) is 5.39 Å². The SMILES string of the molecule is O=C(O)Cc1cc2c(Cl)cccc2o1. The lowest BCUT2D eigenvalue weighted by molar-refractivity contribution is -0.136. The molecule has 0 aliphatic heterocycles. The zero-order valence-electron chi connectivity index (χ0n) is 7.16. The van der Waals surface area contributed by atoms with Crippen LogP contribution >= 0.6 is 11.6 Å². The average Bonchev–Trinajstić information content (AvgIpc) is 2.47. The number of carboxylic acid groups (broad SMARTS) is 1. The van der Waals surface area contributed by atoms with Crippen LogP contribution in [0, 0.1) is 0 Å². The van der Waals surface area contributed by atoms with Gasteiger partial charge in [-0.25, -0.2) is 0 Å². The lowest BCUT2D eigenvalue weighted by Crippen LogP contribution is -1.97. The zero-order chi connectivity index (χ0) is 10.1. The van der Waals surface area contributed by atoms with Crippen molar-refractivity contribution in [3.05, 3.63) is 35.0 Å². The molecule has 2 rings (SSSR count). The molecule has 0 unspecified atom stereocenters. The summed E-state index contributed by atoms with van der Waals surface area (Å²) >= 11 is 5.90. The summed E-state index contributed by atoms with van der Waals surface area (Å²) in [6.07, 6.45) is -0.120. The van der Waals surface area contributed by atoms with Crippen LogP contribution in [0.15, 0.2) is 28.7 Å². The van der Waals surface area contributed by atoms with Gasteiger partial charge in [0, 0.05) is 5.39 Å². The highest BCUT2D eigenvalue weighted by Gasteiger charge is 2.09. The lowest BCUT2D eigenvalue weighted by atomic mass is 10.2. The normalized spacial score (nSPS) is 10.6. The number of aliphatic carboxylic acids is 1. The molecule has 0 radical (unpaired) electrons. The van der Waals surface area contributed by atoms with Crippen molar-refractivity contribution in [2.75, 3.05) is 0 Å². The summed E-state index contributed by atoms with van der Waals surface area (Å²) in [6, 6.07) is 6.92. The van der Waals surface area contributed by atoms with Crippen LogP contribution in [0.3, 0.4) is 0 Å². The number of carboxylic acids is 1. The van der Waals surface area contributed by atoms with Crippen LogP contribution in [0.5, 0.6) is 0 Å². The maximum absolute atomic E-state index is 10.4. The van der Waals surface area contributed by atoms with Gasteiger partial charge in [0.05, 0.1) is 5.02 Å². The van der Waals surface area contributed by atoms with Gasteiger partial charge in [0.1, 0.15) is 17.8 Å². The van der Waals surface area contributed by atoms with Gasteiger partial charge in [0.25, 0.3) is 0 Å². The molecule has 0 amide bonds. The quantitative estimate of drug-likeness (QED) is 0.829. The first-order valence-corrected chi connectivity index (χ1v) is 4.43. The Bertz CT molecular complexity index is 487. The van der Waals surface area contributed by atoms with Gasteiger partial charge in [0.15, 0.2) is 0 Å². The third kappa shape index (κ3) is 1.59. The summed E-state index contributed by atoms with van der Waals surface area (Å²) in [5, 5.41) is 9.90. The minimum atomic E-state index is -0.917. The number of halogens is 1. The highest BCUT2D eigenvalue weighted by molar-refractivity contribution is 6.35. The second-order valence-electron chi connectivity index (χ2n) is 2.93. The number of hydrogen-bond acceptors (Lipinski definition) is 2. The molecule has 1 heterocycles. The lowest BCUT2D eigenvalue weighted by Gasteiger charge is -1.88. The first kappa shape index (κ1) is 9.09. The fourth-order valence-electron chi connectivity index (χ4n) is 1.31. The molecule has 1 N–H and O–H groups in total. The summed E-state index contributed by atoms with van der Waals surface area (Å²) in [4.78, 5) is 10.4. The third-order valence-corrected chi connectivity index (χ3v) is 2.21. The van der Waals surface area contributed by atoms with Crippen molar-refractivity contribution in [2.45, 2.75) is 6.42 Å².